The number of aromatic amines is 1. The molecule has 2 aliphatic carbocycles. The van der Waals surface area contributed by atoms with Gasteiger partial charge in [0.05, 0.1) is 6.04 Å². The minimum atomic E-state index is -0.246. The highest BCUT2D eigenvalue weighted by Crippen LogP contribution is 2.54. The fourth-order valence-electron chi connectivity index (χ4n) is 12.4. The summed E-state index contributed by atoms with van der Waals surface area (Å²) in [5.41, 5.74) is 8.49. The van der Waals surface area contributed by atoms with Crippen molar-refractivity contribution in [2.24, 2.45) is 11.8 Å². The van der Waals surface area contributed by atoms with Crippen molar-refractivity contribution in [1.29, 1.82) is 0 Å². The third-order valence-corrected chi connectivity index (χ3v) is 15.4. The van der Waals surface area contributed by atoms with E-state index in [1.54, 1.807) is 22.3 Å². The van der Waals surface area contributed by atoms with Gasteiger partial charge in [0.15, 0.2) is 0 Å². The van der Waals surface area contributed by atoms with Crippen molar-refractivity contribution in [2.75, 3.05) is 19.6 Å². The molecule has 0 radical (unpaired) electrons. The van der Waals surface area contributed by atoms with E-state index in [4.69, 9.17) is 0 Å². The second kappa shape index (κ2) is 16.7. The van der Waals surface area contributed by atoms with E-state index < -0.39 is 0 Å². The Balaban J connectivity index is 0.673. The average Bonchev–Trinajstić information content (AvgIpc) is 4.09. The Bertz CT molecular complexity index is 2000. The molecule has 4 fully saturated rings. The van der Waals surface area contributed by atoms with Crippen LogP contribution in [0.1, 0.15) is 142 Å². The third kappa shape index (κ3) is 7.77. The van der Waals surface area contributed by atoms with Crippen LogP contribution in [0.15, 0.2) is 79.0 Å². The van der Waals surface area contributed by atoms with E-state index in [0.29, 0.717) is 37.1 Å². The molecule has 4 aromatic rings. The first-order valence-corrected chi connectivity index (χ1v) is 22.9. The van der Waals surface area contributed by atoms with E-state index in [9.17, 15) is 9.59 Å². The highest BCUT2D eigenvalue weighted by atomic mass is 16.2. The van der Waals surface area contributed by atoms with E-state index in [2.05, 4.69) is 103 Å². The number of aromatic nitrogens is 1. The van der Waals surface area contributed by atoms with Gasteiger partial charge in [-0.1, -0.05) is 66.7 Å². The minimum absolute atomic E-state index is 0.133. The van der Waals surface area contributed by atoms with Crippen LogP contribution in [0.25, 0.3) is 10.9 Å². The van der Waals surface area contributed by atoms with Crippen molar-refractivity contribution in [3.63, 3.8) is 0 Å². The molecule has 9 heteroatoms. The lowest BCUT2D eigenvalue weighted by atomic mass is 9.84. The van der Waals surface area contributed by atoms with Gasteiger partial charge >= 0.3 is 12.1 Å². The molecule has 9 nitrogen and oxygen atoms in total. The molecular formula is C49H63N7O2. The van der Waals surface area contributed by atoms with Crippen molar-refractivity contribution in [3.05, 3.63) is 107 Å². The van der Waals surface area contributed by atoms with Gasteiger partial charge in [-0.15, -0.1) is 0 Å². The first-order chi connectivity index (χ1) is 28.5. The Morgan fingerprint density at radius 3 is 1.57 bits per heavy atom. The van der Waals surface area contributed by atoms with Gasteiger partial charge in [-0.3, -0.25) is 9.80 Å². The molecule has 10 rings (SSSR count). The van der Waals surface area contributed by atoms with Crippen LogP contribution in [0.2, 0.25) is 0 Å². The number of H-pyrrole nitrogens is 1. The summed E-state index contributed by atoms with van der Waals surface area (Å²) in [4.78, 5) is 35.8. The van der Waals surface area contributed by atoms with E-state index >= 15 is 0 Å². The van der Waals surface area contributed by atoms with Gasteiger partial charge in [-0.25, -0.2) is 9.59 Å². The summed E-state index contributed by atoms with van der Waals surface area (Å²) < 4.78 is 0. The number of benzene rings is 3. The Morgan fingerprint density at radius 1 is 0.586 bits per heavy atom. The lowest BCUT2D eigenvalue weighted by Crippen LogP contribution is -2.53. The van der Waals surface area contributed by atoms with Gasteiger partial charge in [0, 0.05) is 59.9 Å². The van der Waals surface area contributed by atoms with E-state index in [1.807, 2.05) is 12.3 Å². The normalized spacial score (nSPS) is 29.2. The van der Waals surface area contributed by atoms with Gasteiger partial charge in [-0.2, -0.15) is 0 Å². The number of nitrogens with one attached hydrogen (secondary N) is 5. The highest BCUT2D eigenvalue weighted by molar-refractivity contribution is 5.83. The summed E-state index contributed by atoms with van der Waals surface area (Å²) in [6, 6.07) is 28.8. The molecule has 3 aromatic carbocycles. The molecule has 1 aromatic heterocycles. The fourth-order valence-corrected chi connectivity index (χ4v) is 12.4. The fraction of sp³-hybridized carbons (Fsp3) is 0.551. The Hall–Kier alpha value is -4.34. The third-order valence-electron chi connectivity index (χ3n) is 15.4. The zero-order valence-corrected chi connectivity index (χ0v) is 34.1. The molecule has 4 aliphatic heterocycles. The van der Waals surface area contributed by atoms with E-state index in [0.717, 1.165) is 66.8 Å². The number of nitrogens with zero attached hydrogens (tertiary/aromatic N) is 2. The van der Waals surface area contributed by atoms with Crippen LogP contribution in [0.4, 0.5) is 9.59 Å². The molecule has 5 heterocycles. The number of carbonyl (C=O) groups is 2. The summed E-state index contributed by atoms with van der Waals surface area (Å²) in [6.07, 6.45) is 19.1. The topological polar surface area (TPSA) is 105 Å². The number of hydrogen-bond donors (Lipinski definition) is 5. The number of rotatable bonds is 13. The number of fused-ring (bicyclic) bond motifs is 11. The van der Waals surface area contributed by atoms with Crippen molar-refractivity contribution in [1.82, 2.24) is 36.1 Å². The summed E-state index contributed by atoms with van der Waals surface area (Å²) in [5.74, 6) is 1.45. The van der Waals surface area contributed by atoms with E-state index in [1.165, 1.54) is 64.5 Å². The molecule has 306 valence electrons. The molecule has 2 saturated carbocycles. The summed E-state index contributed by atoms with van der Waals surface area (Å²) >= 11 is 0. The van der Waals surface area contributed by atoms with Crippen molar-refractivity contribution >= 4 is 23.0 Å². The summed E-state index contributed by atoms with van der Waals surface area (Å²) in [5, 5.41) is 14.2. The Kier molecular flexibility index (Phi) is 10.9. The zero-order valence-electron chi connectivity index (χ0n) is 34.1. The largest absolute Gasteiger partial charge is 0.361 e. The average molecular weight is 782 g/mol. The number of carbonyl (C=O) groups excluding carboxylic acids is 2. The van der Waals surface area contributed by atoms with Crippen LogP contribution in [0.5, 0.6) is 0 Å². The summed E-state index contributed by atoms with van der Waals surface area (Å²) in [6.45, 7) is 2.73. The molecule has 58 heavy (non-hydrogen) atoms. The summed E-state index contributed by atoms with van der Waals surface area (Å²) in [7, 11) is 0. The van der Waals surface area contributed by atoms with Crippen LogP contribution >= 0.6 is 0 Å². The first-order valence-electron chi connectivity index (χ1n) is 22.9. The predicted molar refractivity (Wildman–Crippen MR) is 230 cm³/mol. The van der Waals surface area contributed by atoms with Gasteiger partial charge in [0.25, 0.3) is 0 Å². The zero-order chi connectivity index (χ0) is 39.0. The molecule has 0 spiro atoms. The molecule has 1 unspecified atom stereocenters. The predicted octanol–water partition coefficient (Wildman–Crippen LogP) is 9.36. The molecule has 4 amide bonds. The number of hydrogen-bond acceptors (Lipinski definition) is 4. The minimum Gasteiger partial charge on any atom is -0.361 e. The van der Waals surface area contributed by atoms with E-state index in [-0.39, 0.29) is 30.2 Å². The first kappa shape index (κ1) is 37.9. The Morgan fingerprint density at radius 2 is 1.05 bits per heavy atom. The number of urea groups is 2. The van der Waals surface area contributed by atoms with Crippen molar-refractivity contribution in [2.45, 2.75) is 139 Å². The van der Waals surface area contributed by atoms with Crippen molar-refractivity contribution in [3.8, 4) is 0 Å². The van der Waals surface area contributed by atoms with Crippen LogP contribution in [0.3, 0.4) is 0 Å². The van der Waals surface area contributed by atoms with Crippen molar-refractivity contribution < 1.29 is 9.59 Å². The smallest absolute Gasteiger partial charge is 0.315 e. The molecule has 5 N–H and O–H groups in total. The highest BCUT2D eigenvalue weighted by Gasteiger charge is 2.44. The SMILES string of the molecule is O=C(NCC(Cc1c[nH]c2ccccc12)NC(=O)N[C@H]1CC[C@H](CCN2[C@@H]3CC[C@H]2c2ccccc23)CC1)N[C@H]1CC[C@H](CCN2[C@@H]3CC[C@H]2c2ccccc23)CC1. The molecule has 2 saturated heterocycles. The maximum atomic E-state index is 13.5. The maximum Gasteiger partial charge on any atom is 0.315 e. The number of amides is 4. The number of para-hydroxylation sites is 1. The molecule has 6 aliphatic rings. The maximum absolute atomic E-state index is 13.5. The standard InChI is InChI=1S/C49H63N7O2/c57-48(52-35-17-13-32(14-18-35)25-27-55-44-21-22-45(55)40-9-2-1-8-39(40)44)51-31-37(29-34-30-50-43-12-6-5-7-38(34)43)54-49(58)53-36-19-15-33(16-20-36)26-28-56-46-23-24-47(56)42-11-4-3-10-41(42)46/h1-12,30,32-33,35-37,44-47,50H,13-29,31H2,(H2,51,52,57)(H2,53,54,58)/t32-,33-,35-,36-,37?,44-,45+,46-,47+. The lowest BCUT2D eigenvalue weighted by molar-refractivity contribution is 0.184. The van der Waals surface area contributed by atoms with Crippen LogP contribution in [0, 0.1) is 11.8 Å². The second-order valence-electron chi connectivity index (χ2n) is 18.7. The van der Waals surface area contributed by atoms with Gasteiger partial charge in [0.1, 0.15) is 0 Å². The quantitative estimate of drug-likeness (QED) is 0.0933. The monoisotopic (exact) mass is 782 g/mol. The van der Waals surface area contributed by atoms with Gasteiger partial charge in [-0.05, 0) is 155 Å². The van der Waals surface area contributed by atoms with Crippen LogP contribution in [-0.2, 0) is 6.42 Å². The van der Waals surface area contributed by atoms with Gasteiger partial charge in [0.2, 0.25) is 0 Å². The lowest BCUT2D eigenvalue weighted by Gasteiger charge is -2.32. The van der Waals surface area contributed by atoms with Gasteiger partial charge < -0.3 is 26.3 Å². The molecule has 5 atom stereocenters. The van der Waals surface area contributed by atoms with Crippen LogP contribution in [-0.4, -0.2) is 64.6 Å². The molecular weight excluding hydrogens is 719 g/mol. The van der Waals surface area contributed by atoms with Crippen LogP contribution < -0.4 is 21.3 Å². The Labute approximate surface area is 344 Å². The second-order valence-corrected chi connectivity index (χ2v) is 18.7. The molecule has 4 bridgehead atoms.